The maximum Gasteiger partial charge on any atom is 0.289 e. The fourth-order valence-electron chi connectivity index (χ4n) is 2.36. The van der Waals surface area contributed by atoms with Crippen molar-refractivity contribution >= 4 is 17.3 Å². The molecule has 0 radical (unpaired) electrons. The first kappa shape index (κ1) is 22.4. The van der Waals surface area contributed by atoms with E-state index < -0.39 is 0 Å². The van der Waals surface area contributed by atoms with E-state index in [0.717, 1.165) is 22.3 Å². The van der Waals surface area contributed by atoms with Gasteiger partial charge >= 0.3 is 0 Å². The van der Waals surface area contributed by atoms with Gasteiger partial charge in [-0.05, 0) is 13.0 Å². The molecule has 0 aliphatic heterocycles. The number of hydrogen-bond donors (Lipinski definition) is 0. The van der Waals surface area contributed by atoms with Gasteiger partial charge in [0.15, 0.2) is 0 Å². The zero-order valence-electron chi connectivity index (χ0n) is 15.4. The van der Waals surface area contributed by atoms with Crippen LogP contribution in [-0.4, -0.2) is 18.4 Å². The van der Waals surface area contributed by atoms with Crippen LogP contribution in [0.2, 0.25) is 0 Å². The van der Waals surface area contributed by atoms with E-state index in [-0.39, 0.29) is 28.8 Å². The van der Waals surface area contributed by atoms with Crippen molar-refractivity contribution in [1.82, 2.24) is 0 Å². The van der Waals surface area contributed by atoms with Crippen LogP contribution in [0.1, 0.15) is 35.3 Å². The first-order valence-corrected chi connectivity index (χ1v) is 8.50. The molecule has 3 nitrogen and oxygen atoms in total. The second-order valence-corrected chi connectivity index (χ2v) is 5.62. The second kappa shape index (κ2) is 11.8. The van der Waals surface area contributed by atoms with Gasteiger partial charge in [0.1, 0.15) is 0 Å². The summed E-state index contributed by atoms with van der Waals surface area (Å²) in [5, 5.41) is 0. The SMILES string of the molecule is CCOC(=O)C=C(C)[c-]1cccc1.O=C(c1ccccc1)[c-]1[cH-][cH-][cH-][cH-]1.[Fe]. The molecule has 0 saturated carbocycles. The van der Waals surface area contributed by atoms with Gasteiger partial charge in [-0.2, -0.15) is 24.3 Å². The van der Waals surface area contributed by atoms with Crippen LogP contribution < -0.4 is 0 Å². The van der Waals surface area contributed by atoms with Gasteiger partial charge in [-0.1, -0.05) is 25.1 Å². The Morgan fingerprint density at radius 2 is 1.63 bits per heavy atom. The largest absolute Gasteiger partial charge is 0.644 e. The Morgan fingerprint density at radius 1 is 1.04 bits per heavy atom. The van der Waals surface area contributed by atoms with E-state index in [0.29, 0.717) is 6.61 Å². The standard InChI is InChI=1S/C12H9O.C11H13O2.Fe/c13-12(11-8-4-5-9-11)10-6-2-1-3-7-10;1-3-13-11(12)8-9(2)10-6-4-5-7-10;/h1-9H;4-8H,3H2,1-2H3;/q-5;-1;. The smallest absolute Gasteiger partial charge is 0.289 e. The van der Waals surface area contributed by atoms with Crippen LogP contribution in [0.5, 0.6) is 0 Å². The summed E-state index contributed by atoms with van der Waals surface area (Å²) in [5.74, 6) is -0.188. The van der Waals surface area contributed by atoms with Crippen LogP contribution in [0.25, 0.3) is 5.57 Å². The van der Waals surface area contributed by atoms with E-state index in [2.05, 4.69) is 0 Å². The maximum absolute atomic E-state index is 11.7. The minimum absolute atomic E-state index is 0. The number of benzene rings is 1. The number of carbonyl (C=O) groups excluding carboxylic acids is 2. The van der Waals surface area contributed by atoms with E-state index in [9.17, 15) is 9.59 Å². The number of allylic oxidation sites excluding steroid dienone is 1. The summed E-state index contributed by atoms with van der Waals surface area (Å²) in [6, 6.07) is 24.5. The topological polar surface area (TPSA) is 43.4 Å². The molecule has 0 aliphatic rings. The van der Waals surface area contributed by atoms with Crippen molar-refractivity contribution in [2.24, 2.45) is 0 Å². The summed E-state index contributed by atoms with van der Waals surface area (Å²) >= 11 is 0. The molecule has 3 aromatic carbocycles. The average Bonchev–Trinajstić information content (AvgIpc) is 3.36. The van der Waals surface area contributed by atoms with Gasteiger partial charge in [-0.25, -0.2) is 0 Å². The molecule has 0 aromatic heterocycles. The Kier molecular flexibility index (Phi) is 9.81. The number of carbonyl (C=O) groups is 2. The number of hydrogen-bond acceptors (Lipinski definition) is 3. The van der Waals surface area contributed by atoms with Crippen molar-refractivity contribution in [3.63, 3.8) is 0 Å². The van der Waals surface area contributed by atoms with Crippen molar-refractivity contribution in [2.75, 3.05) is 6.61 Å². The molecule has 0 aliphatic carbocycles. The van der Waals surface area contributed by atoms with Crippen LogP contribution >= 0.6 is 0 Å². The van der Waals surface area contributed by atoms with Crippen LogP contribution in [-0.2, 0) is 26.6 Å². The van der Waals surface area contributed by atoms with Crippen molar-refractivity contribution in [3.8, 4) is 0 Å². The Bertz CT molecular complexity index is 829. The average molecular weight is 402 g/mol. The van der Waals surface area contributed by atoms with Crippen LogP contribution in [0.15, 0.2) is 84.9 Å². The summed E-state index contributed by atoms with van der Waals surface area (Å²) in [4.78, 5) is 22.8. The van der Waals surface area contributed by atoms with Gasteiger partial charge in [0.2, 0.25) is 0 Å². The number of esters is 1. The number of rotatable bonds is 5. The molecule has 0 bridgehead atoms. The summed E-state index contributed by atoms with van der Waals surface area (Å²) in [7, 11) is 0. The molecule has 146 valence electrons. The molecule has 3 rings (SSSR count). The molecule has 27 heavy (non-hydrogen) atoms. The zero-order chi connectivity index (χ0) is 18.8. The third-order valence-corrected chi connectivity index (χ3v) is 3.70. The molecule has 4 heteroatoms. The van der Waals surface area contributed by atoms with E-state index in [4.69, 9.17) is 4.74 Å². The first-order chi connectivity index (χ1) is 12.6. The van der Waals surface area contributed by atoms with E-state index in [1.807, 2.05) is 85.8 Å². The van der Waals surface area contributed by atoms with Crippen LogP contribution in [0.4, 0.5) is 0 Å². The zero-order valence-corrected chi connectivity index (χ0v) is 16.5. The predicted octanol–water partition coefficient (Wildman–Crippen LogP) is 5.01. The maximum atomic E-state index is 11.7. The Balaban J connectivity index is 0.000000260. The van der Waals surface area contributed by atoms with E-state index in [1.165, 1.54) is 6.08 Å². The molecule has 0 spiro atoms. The molecular formula is C23H22FeO3-6. The number of ether oxygens (including phenoxy) is 1. The first-order valence-electron chi connectivity index (χ1n) is 8.50. The normalized spacial score (nSPS) is 10.2. The predicted molar refractivity (Wildman–Crippen MR) is 104 cm³/mol. The summed E-state index contributed by atoms with van der Waals surface area (Å²) in [6.45, 7) is 4.11. The van der Waals surface area contributed by atoms with Crippen molar-refractivity contribution in [2.45, 2.75) is 13.8 Å². The Hall–Kier alpha value is -2.68. The fraction of sp³-hybridized carbons (Fsp3) is 0.130. The van der Waals surface area contributed by atoms with Gasteiger partial charge in [-0.15, -0.1) is 23.3 Å². The molecular weight excluding hydrogens is 380 g/mol. The van der Waals surface area contributed by atoms with E-state index >= 15 is 0 Å². The third kappa shape index (κ3) is 7.22. The summed E-state index contributed by atoms with van der Waals surface area (Å²) in [5.41, 5.74) is 3.50. The molecule has 0 amide bonds. The quantitative estimate of drug-likeness (QED) is 0.198. The van der Waals surface area contributed by atoms with Gasteiger partial charge in [-0.3, -0.25) is 4.79 Å². The molecule has 0 heterocycles. The third-order valence-electron chi connectivity index (χ3n) is 3.70. The van der Waals surface area contributed by atoms with Crippen LogP contribution in [0.3, 0.4) is 0 Å². The van der Waals surface area contributed by atoms with Crippen molar-refractivity contribution < 1.29 is 31.4 Å². The van der Waals surface area contributed by atoms with Crippen molar-refractivity contribution in [3.05, 3.63) is 102 Å². The summed E-state index contributed by atoms with van der Waals surface area (Å²) in [6.07, 6.45) is 1.51. The Morgan fingerprint density at radius 3 is 2.19 bits per heavy atom. The minimum atomic E-state index is -0.277. The molecule has 3 aromatic rings. The minimum Gasteiger partial charge on any atom is -0.644 e. The van der Waals surface area contributed by atoms with Gasteiger partial charge in [0.05, 0.1) is 6.61 Å². The van der Waals surface area contributed by atoms with Gasteiger partial charge < -0.3 is 50.7 Å². The molecule has 0 saturated heterocycles. The monoisotopic (exact) mass is 402 g/mol. The second-order valence-electron chi connectivity index (χ2n) is 5.62. The molecule has 0 atom stereocenters. The molecule has 0 N–H and O–H groups in total. The summed E-state index contributed by atoms with van der Waals surface area (Å²) < 4.78 is 4.80. The molecule has 0 unspecified atom stereocenters. The van der Waals surface area contributed by atoms with Gasteiger partial charge in [0, 0.05) is 17.1 Å². The molecule has 0 fully saturated rings. The van der Waals surface area contributed by atoms with Crippen molar-refractivity contribution in [1.29, 1.82) is 0 Å². The fourth-order valence-corrected chi connectivity index (χ4v) is 2.36. The van der Waals surface area contributed by atoms with Crippen LogP contribution in [0, 0.1) is 0 Å². The number of ketones is 1. The Labute approximate surface area is 170 Å². The van der Waals surface area contributed by atoms with E-state index in [1.54, 1.807) is 6.92 Å². The van der Waals surface area contributed by atoms with Gasteiger partial charge in [0.25, 0.3) is 5.97 Å².